The summed E-state index contributed by atoms with van der Waals surface area (Å²) in [5, 5.41) is 19.7. The summed E-state index contributed by atoms with van der Waals surface area (Å²) in [5.74, 6) is 0.113. The second-order valence-electron chi connectivity index (χ2n) is 4.37. The number of nitrogens with two attached hydrogens (primary N) is 1. The van der Waals surface area contributed by atoms with Gasteiger partial charge >= 0.3 is 29.6 Å². The quantitative estimate of drug-likeness (QED) is 0.611. The molecule has 5 nitrogen and oxygen atoms in total. The summed E-state index contributed by atoms with van der Waals surface area (Å²) in [4.78, 5) is 10.6. The number of aliphatic carboxylic acids is 1. The number of benzene rings is 2. The fourth-order valence-electron chi connectivity index (χ4n) is 1.68. The summed E-state index contributed by atoms with van der Waals surface area (Å²) < 4.78 is 5.57. The molecule has 6 heteroatoms. The fraction of sp³-hybridized carbons (Fsp3) is 0.133. The second kappa shape index (κ2) is 8.05. The Morgan fingerprint density at radius 1 is 1.10 bits per heavy atom. The Bertz CT molecular complexity index is 584. The molecule has 3 N–H and O–H groups in total. The number of aromatic hydroxyl groups is 1. The first-order chi connectivity index (χ1) is 9.54. The zero-order valence-electron chi connectivity index (χ0n) is 11.7. The molecule has 0 saturated carbocycles. The van der Waals surface area contributed by atoms with E-state index in [0.29, 0.717) is 11.5 Å². The summed E-state index contributed by atoms with van der Waals surface area (Å²) in [7, 11) is 0. The van der Waals surface area contributed by atoms with Crippen molar-refractivity contribution < 1.29 is 49.3 Å². The van der Waals surface area contributed by atoms with Crippen molar-refractivity contribution in [1.29, 1.82) is 0 Å². The smallest absolute Gasteiger partial charge is 0.548 e. The Balaban J connectivity index is 0.00000220. The largest absolute Gasteiger partial charge is 1.00 e. The zero-order valence-corrected chi connectivity index (χ0v) is 13.7. The van der Waals surface area contributed by atoms with E-state index in [1.54, 1.807) is 36.4 Å². The zero-order chi connectivity index (χ0) is 14.5. The molecule has 0 radical (unpaired) electrons. The van der Waals surface area contributed by atoms with Crippen LogP contribution < -0.4 is 45.1 Å². The van der Waals surface area contributed by atoms with E-state index < -0.39 is 12.0 Å². The summed E-state index contributed by atoms with van der Waals surface area (Å²) in [6.45, 7) is 0. The molecule has 2 aromatic rings. The number of carboxylic acid groups (broad SMARTS) is 1. The van der Waals surface area contributed by atoms with Crippen LogP contribution in [-0.2, 0) is 11.2 Å². The van der Waals surface area contributed by atoms with Gasteiger partial charge in [0.25, 0.3) is 0 Å². The van der Waals surface area contributed by atoms with Crippen LogP contribution in [0.3, 0.4) is 0 Å². The Morgan fingerprint density at radius 2 is 1.57 bits per heavy atom. The molecule has 0 aromatic heterocycles. The molecule has 1 atom stereocenters. The Labute approximate surface area is 144 Å². The summed E-state index contributed by atoms with van der Waals surface area (Å²) in [5.41, 5.74) is 6.20. The van der Waals surface area contributed by atoms with Crippen molar-refractivity contribution in [1.82, 2.24) is 0 Å². The Kier molecular flexibility index (Phi) is 6.71. The van der Waals surface area contributed by atoms with Crippen LogP contribution in [0.15, 0.2) is 48.5 Å². The standard InChI is InChI=1S/C15H15NO4.Na/c16-14(15(18)19)9-10-1-5-12(6-2-10)20-13-7-3-11(17)4-8-13;/h1-8,14,17H,9,16H2,(H,18,19);/q;+1/p-1/t14-;/m0./s1. The molecule has 0 aliphatic rings. The molecule has 0 saturated heterocycles. The third kappa shape index (κ3) is 5.40. The van der Waals surface area contributed by atoms with E-state index >= 15 is 0 Å². The van der Waals surface area contributed by atoms with Crippen LogP contribution in [-0.4, -0.2) is 17.1 Å². The molecule has 0 spiro atoms. The van der Waals surface area contributed by atoms with Crippen LogP contribution in [0.4, 0.5) is 0 Å². The van der Waals surface area contributed by atoms with Crippen LogP contribution in [0.5, 0.6) is 17.2 Å². The molecule has 0 aliphatic heterocycles. The maximum absolute atomic E-state index is 10.6. The van der Waals surface area contributed by atoms with E-state index in [4.69, 9.17) is 15.6 Å². The van der Waals surface area contributed by atoms with E-state index in [1.807, 2.05) is 0 Å². The van der Waals surface area contributed by atoms with Crippen LogP contribution >= 0.6 is 0 Å². The predicted octanol–water partition coefficient (Wildman–Crippen LogP) is -2.19. The third-order valence-electron chi connectivity index (χ3n) is 2.75. The van der Waals surface area contributed by atoms with E-state index in [9.17, 15) is 9.90 Å². The monoisotopic (exact) mass is 295 g/mol. The van der Waals surface area contributed by atoms with Crippen molar-refractivity contribution in [2.45, 2.75) is 12.5 Å². The summed E-state index contributed by atoms with van der Waals surface area (Å²) in [6, 6.07) is 12.3. The molecular formula is C15H14NNaO4. The van der Waals surface area contributed by atoms with Gasteiger partial charge in [0, 0.05) is 6.04 Å². The van der Waals surface area contributed by atoms with E-state index in [2.05, 4.69) is 0 Å². The van der Waals surface area contributed by atoms with Gasteiger partial charge in [-0.05, 0) is 48.4 Å². The number of phenols is 1. The minimum Gasteiger partial charge on any atom is -0.548 e. The number of rotatable bonds is 5. The molecule has 0 aliphatic carbocycles. The molecule has 21 heavy (non-hydrogen) atoms. The van der Waals surface area contributed by atoms with Gasteiger partial charge in [0.05, 0.1) is 5.97 Å². The van der Waals surface area contributed by atoms with Gasteiger partial charge in [0.15, 0.2) is 0 Å². The maximum atomic E-state index is 10.6. The normalized spacial score (nSPS) is 11.3. The Hall–Kier alpha value is -1.53. The molecule has 0 fully saturated rings. The van der Waals surface area contributed by atoms with Gasteiger partial charge in [0.2, 0.25) is 0 Å². The third-order valence-corrected chi connectivity index (χ3v) is 2.75. The van der Waals surface area contributed by atoms with Crippen molar-refractivity contribution >= 4 is 5.97 Å². The summed E-state index contributed by atoms with van der Waals surface area (Å²) >= 11 is 0. The number of carboxylic acids is 1. The van der Waals surface area contributed by atoms with Gasteiger partial charge in [-0.1, -0.05) is 12.1 Å². The van der Waals surface area contributed by atoms with Crippen molar-refractivity contribution in [3.63, 3.8) is 0 Å². The number of phenolic OH excluding ortho intramolecular Hbond substituents is 1. The van der Waals surface area contributed by atoms with E-state index in [1.165, 1.54) is 12.1 Å². The topological polar surface area (TPSA) is 95.6 Å². The van der Waals surface area contributed by atoms with Crippen molar-refractivity contribution in [2.24, 2.45) is 5.73 Å². The maximum Gasteiger partial charge on any atom is 1.00 e. The molecule has 2 aromatic carbocycles. The van der Waals surface area contributed by atoms with Crippen LogP contribution in [0.25, 0.3) is 0 Å². The summed E-state index contributed by atoms with van der Waals surface area (Å²) in [6.07, 6.45) is 0.210. The number of carbonyl (C=O) groups is 1. The van der Waals surface area contributed by atoms with Gasteiger partial charge in [-0.15, -0.1) is 0 Å². The van der Waals surface area contributed by atoms with E-state index in [-0.39, 0.29) is 41.7 Å². The van der Waals surface area contributed by atoms with Crippen molar-refractivity contribution in [3.8, 4) is 17.2 Å². The van der Waals surface area contributed by atoms with Crippen LogP contribution in [0, 0.1) is 0 Å². The van der Waals surface area contributed by atoms with Gasteiger partial charge in [-0.3, -0.25) is 0 Å². The number of hydrogen-bond acceptors (Lipinski definition) is 5. The fourth-order valence-corrected chi connectivity index (χ4v) is 1.68. The van der Waals surface area contributed by atoms with E-state index in [0.717, 1.165) is 5.56 Å². The minimum atomic E-state index is -1.27. The van der Waals surface area contributed by atoms with Gasteiger partial charge in [-0.25, -0.2) is 0 Å². The molecular weight excluding hydrogens is 281 g/mol. The molecule has 0 amide bonds. The number of ether oxygens (including phenoxy) is 1. The first-order valence-corrected chi connectivity index (χ1v) is 6.07. The minimum absolute atomic E-state index is 0. The van der Waals surface area contributed by atoms with Crippen molar-refractivity contribution in [3.05, 3.63) is 54.1 Å². The van der Waals surface area contributed by atoms with Gasteiger partial charge < -0.3 is 25.5 Å². The van der Waals surface area contributed by atoms with Gasteiger partial charge in [-0.2, -0.15) is 0 Å². The molecule has 0 bridgehead atoms. The SMILES string of the molecule is N[C@@H](Cc1ccc(Oc2ccc(O)cc2)cc1)C(=O)[O-].[Na+]. The number of carbonyl (C=O) groups excluding carboxylic acids is 1. The van der Waals surface area contributed by atoms with Crippen molar-refractivity contribution in [2.75, 3.05) is 0 Å². The van der Waals surface area contributed by atoms with Crippen LogP contribution in [0.2, 0.25) is 0 Å². The van der Waals surface area contributed by atoms with Crippen LogP contribution in [0.1, 0.15) is 5.56 Å². The molecule has 2 rings (SSSR count). The molecule has 104 valence electrons. The average Bonchev–Trinajstić information content (AvgIpc) is 2.43. The second-order valence-corrected chi connectivity index (χ2v) is 4.37. The first kappa shape index (κ1) is 17.5. The molecule has 0 unspecified atom stereocenters. The van der Waals surface area contributed by atoms with Gasteiger partial charge in [0.1, 0.15) is 17.2 Å². The predicted molar refractivity (Wildman–Crippen MR) is 71.3 cm³/mol. The first-order valence-electron chi connectivity index (χ1n) is 6.07. The Morgan fingerprint density at radius 3 is 2.05 bits per heavy atom. The average molecular weight is 295 g/mol. The molecule has 0 heterocycles. The number of hydrogen-bond donors (Lipinski definition) is 2.